The van der Waals surface area contributed by atoms with E-state index in [0.717, 1.165) is 19.6 Å². The molecule has 0 unspecified atom stereocenters. The molecule has 0 aromatic rings. The average Bonchev–Trinajstić information content (AvgIpc) is 2.31. The predicted molar refractivity (Wildman–Crippen MR) is 41.1 cm³/mol. The molecule has 0 spiro atoms. The van der Waals surface area contributed by atoms with E-state index in [0.29, 0.717) is 0 Å². The summed E-state index contributed by atoms with van der Waals surface area (Å²) in [5, 5.41) is 2.71. The van der Waals surface area contributed by atoms with E-state index >= 15 is 0 Å². The van der Waals surface area contributed by atoms with Crippen molar-refractivity contribution < 1.29 is 81.4 Å². The van der Waals surface area contributed by atoms with Crippen LogP contribution in [0.3, 0.4) is 0 Å². The number of hydrogen-bond donors (Lipinski definition) is 1. The van der Waals surface area contributed by atoms with Gasteiger partial charge in [-0.1, -0.05) is 0 Å². The van der Waals surface area contributed by atoms with E-state index < -0.39 is 10.4 Å². The Morgan fingerprint density at radius 3 is 1.93 bits per heavy atom. The van der Waals surface area contributed by atoms with Crippen molar-refractivity contribution in [2.45, 2.75) is 6.92 Å². The van der Waals surface area contributed by atoms with Gasteiger partial charge in [-0.15, -0.1) is 0 Å². The Hall–Kier alpha value is 1.14. The zero-order chi connectivity index (χ0) is 10.5. The molecule has 10 heteroatoms. The molecule has 1 saturated heterocycles. The van der Waals surface area contributed by atoms with Crippen molar-refractivity contribution in [2.24, 2.45) is 0 Å². The maximum atomic E-state index is 10.6. The molecule has 1 aliphatic heterocycles. The molecule has 1 aliphatic rings. The number of rotatable bonds is 1. The van der Waals surface area contributed by atoms with Crippen LogP contribution in [0.1, 0.15) is 6.92 Å². The number of nitrogens with zero attached hydrogens (tertiary/aromatic N) is 1. The molecule has 0 aromatic carbocycles. The summed E-state index contributed by atoms with van der Waals surface area (Å²) in [5.74, 6) is 0. The van der Waals surface area contributed by atoms with Crippen molar-refractivity contribution in [2.75, 3.05) is 19.6 Å². The van der Waals surface area contributed by atoms with E-state index in [1.54, 1.807) is 4.90 Å². The first-order chi connectivity index (χ1) is 5.84. The smallest absolute Gasteiger partial charge is 0.759 e. The number of nitrogens with one attached hydrogen (secondary N) is 1. The van der Waals surface area contributed by atoms with Crippen molar-refractivity contribution >= 4 is 16.4 Å². The van der Waals surface area contributed by atoms with Crippen LogP contribution in [0, 0.1) is 0 Å². The summed E-state index contributed by atoms with van der Waals surface area (Å²) in [4.78, 5) is 12.4. The summed E-state index contributed by atoms with van der Waals surface area (Å²) >= 11 is 0. The number of likely N-dealkylation sites (N-methyl/N-ethyl adjacent to an activating group) is 1. The van der Waals surface area contributed by atoms with Crippen LogP contribution >= 0.6 is 0 Å². The van der Waals surface area contributed by atoms with E-state index in [4.69, 9.17) is 17.5 Å². The van der Waals surface area contributed by atoms with E-state index in [-0.39, 0.29) is 65.1 Å². The number of amides is 2. The molecule has 7 nitrogen and oxygen atoms in total. The third-order valence-corrected chi connectivity index (χ3v) is 1.33. The average molecular weight is 256 g/mol. The van der Waals surface area contributed by atoms with Gasteiger partial charge in [0.05, 0.1) is 0 Å². The fourth-order valence-electron chi connectivity index (χ4n) is 0.813. The van der Waals surface area contributed by atoms with E-state index in [1.807, 2.05) is 6.92 Å². The maximum absolute atomic E-state index is 10.6. The predicted octanol–water partition coefficient (Wildman–Crippen LogP) is -7.30. The minimum absolute atomic E-state index is 0. The normalized spacial score (nSPS) is 14.1. The summed E-state index contributed by atoms with van der Waals surface area (Å²) in [7, 11) is -5.17. The molecule has 1 heterocycles. The topological polar surface area (TPSA) is 113 Å². The van der Waals surface area contributed by atoms with E-state index in [2.05, 4.69) is 5.32 Å². The van der Waals surface area contributed by atoms with Crippen LogP contribution in [0.15, 0.2) is 0 Å². The Morgan fingerprint density at radius 1 is 1.40 bits per heavy atom. The molecule has 0 saturated carbocycles. The second-order valence-corrected chi connectivity index (χ2v) is 3.04. The summed E-state index contributed by atoms with van der Waals surface area (Å²) in [6, 6.07) is 0.0764. The van der Waals surface area contributed by atoms with Crippen LogP contribution in [0.5, 0.6) is 0 Å². The Kier molecular flexibility index (Phi) is 14.7. The molecule has 1 rings (SSSR count). The quantitative estimate of drug-likeness (QED) is 0.284. The Morgan fingerprint density at radius 2 is 1.80 bits per heavy atom. The molecular formula is C5H10N2Na2O5S. The van der Waals surface area contributed by atoms with Crippen molar-refractivity contribution in [3.63, 3.8) is 0 Å². The van der Waals surface area contributed by atoms with Crippen LogP contribution < -0.4 is 64.4 Å². The first-order valence-corrected chi connectivity index (χ1v) is 4.87. The zero-order valence-electron chi connectivity index (χ0n) is 9.02. The molecule has 1 N–H and O–H groups in total. The van der Waals surface area contributed by atoms with Crippen LogP contribution in [0.25, 0.3) is 0 Å². The standard InChI is InChI=1S/C5H10N2O.2Na.H2O4S/c1-2-7-4-3-6-5(7)8;;;1-5(2,3)4/h2-4H2,1H3,(H,6,8);;;(H2,1,2,3,4)/q;2*+1;/p-2. The maximum Gasteiger partial charge on any atom is 1.00 e. The molecule has 0 bridgehead atoms. The third-order valence-electron chi connectivity index (χ3n) is 1.33. The molecule has 78 valence electrons. The minimum Gasteiger partial charge on any atom is -0.759 e. The molecule has 2 amide bonds. The van der Waals surface area contributed by atoms with Gasteiger partial charge in [0, 0.05) is 30.0 Å². The molecule has 0 radical (unpaired) electrons. The van der Waals surface area contributed by atoms with Crippen LogP contribution in [-0.2, 0) is 10.4 Å². The van der Waals surface area contributed by atoms with Gasteiger partial charge in [-0.05, 0) is 6.92 Å². The van der Waals surface area contributed by atoms with Crippen LogP contribution in [0.2, 0.25) is 0 Å². The third kappa shape index (κ3) is 15.1. The molecule has 0 aromatic heterocycles. The van der Waals surface area contributed by atoms with Crippen LogP contribution in [-0.4, -0.2) is 48.1 Å². The molecular weight excluding hydrogens is 246 g/mol. The second-order valence-electron chi connectivity index (χ2n) is 2.22. The first-order valence-electron chi connectivity index (χ1n) is 3.54. The van der Waals surface area contributed by atoms with Gasteiger partial charge in [0.15, 0.2) is 0 Å². The molecule has 0 aliphatic carbocycles. The molecule has 15 heavy (non-hydrogen) atoms. The largest absolute Gasteiger partial charge is 1.00 e. The number of hydrogen-bond acceptors (Lipinski definition) is 5. The van der Waals surface area contributed by atoms with Crippen molar-refractivity contribution in [1.82, 2.24) is 10.2 Å². The van der Waals surface area contributed by atoms with Gasteiger partial charge >= 0.3 is 65.1 Å². The Bertz CT molecular complexity index is 263. The van der Waals surface area contributed by atoms with Gasteiger partial charge < -0.3 is 19.3 Å². The van der Waals surface area contributed by atoms with Gasteiger partial charge in [-0.25, -0.2) is 4.79 Å². The monoisotopic (exact) mass is 256 g/mol. The van der Waals surface area contributed by atoms with Gasteiger partial charge in [0.25, 0.3) is 0 Å². The minimum atomic E-state index is -5.17. The number of carbonyl (C=O) groups is 1. The Labute approximate surface area is 133 Å². The SMILES string of the molecule is CCN1CCNC1=O.O=S(=O)([O-])[O-].[Na+].[Na+]. The van der Waals surface area contributed by atoms with Crippen molar-refractivity contribution in [3.8, 4) is 0 Å². The Balaban J connectivity index is -0.000000185. The van der Waals surface area contributed by atoms with Gasteiger partial charge in [-0.2, -0.15) is 0 Å². The summed E-state index contributed by atoms with van der Waals surface area (Å²) in [6.45, 7) is 4.48. The van der Waals surface area contributed by atoms with Crippen molar-refractivity contribution in [3.05, 3.63) is 0 Å². The summed E-state index contributed by atoms with van der Waals surface area (Å²) < 4.78 is 34.1. The summed E-state index contributed by atoms with van der Waals surface area (Å²) in [5.41, 5.74) is 0. The van der Waals surface area contributed by atoms with Gasteiger partial charge in [0.2, 0.25) is 0 Å². The fraction of sp³-hybridized carbons (Fsp3) is 0.800. The number of carbonyl (C=O) groups excluding carboxylic acids is 1. The zero-order valence-corrected chi connectivity index (χ0v) is 13.8. The summed E-state index contributed by atoms with van der Waals surface area (Å²) in [6.07, 6.45) is 0. The molecule has 1 fully saturated rings. The van der Waals surface area contributed by atoms with E-state index in [9.17, 15) is 4.79 Å². The van der Waals surface area contributed by atoms with Crippen LogP contribution in [0.4, 0.5) is 4.79 Å². The fourth-order valence-corrected chi connectivity index (χ4v) is 0.813. The van der Waals surface area contributed by atoms with E-state index in [1.165, 1.54) is 0 Å². The first kappa shape index (κ1) is 21.4. The molecule has 0 atom stereocenters. The number of urea groups is 1. The second kappa shape index (κ2) is 10.3. The van der Waals surface area contributed by atoms with Crippen molar-refractivity contribution in [1.29, 1.82) is 0 Å². The van der Waals surface area contributed by atoms with Gasteiger partial charge in [0.1, 0.15) is 0 Å². The van der Waals surface area contributed by atoms with Gasteiger partial charge in [-0.3, -0.25) is 8.42 Å².